The Labute approximate surface area is 122 Å². The first-order valence-electron chi connectivity index (χ1n) is 7.28. The van der Waals surface area contributed by atoms with E-state index >= 15 is 0 Å². The molecule has 20 heavy (non-hydrogen) atoms. The fraction of sp³-hybridized carbons (Fsp3) is 0.588. The first-order valence-corrected chi connectivity index (χ1v) is 7.28. The van der Waals surface area contributed by atoms with Gasteiger partial charge in [-0.25, -0.2) is 0 Å². The SMILES string of the molecule is Cc1ccc(CC(C)C(=O)NCC(C)(O)C(C)C)cc1. The van der Waals surface area contributed by atoms with Crippen molar-refractivity contribution >= 4 is 5.91 Å². The van der Waals surface area contributed by atoms with E-state index in [2.05, 4.69) is 29.6 Å². The fourth-order valence-corrected chi connectivity index (χ4v) is 1.81. The van der Waals surface area contributed by atoms with Crippen LogP contribution in [-0.4, -0.2) is 23.2 Å². The fourth-order valence-electron chi connectivity index (χ4n) is 1.81. The Hall–Kier alpha value is -1.35. The second-order valence-corrected chi connectivity index (χ2v) is 6.32. The largest absolute Gasteiger partial charge is 0.388 e. The highest BCUT2D eigenvalue weighted by Crippen LogP contribution is 2.15. The normalized spacial score (nSPS) is 15.8. The standard InChI is InChI=1S/C17H27NO2/c1-12(2)17(5,20)11-18-16(19)14(4)10-15-8-6-13(3)7-9-15/h6-9,12,14,20H,10-11H2,1-5H3,(H,18,19). The molecule has 1 amide bonds. The molecule has 0 bridgehead atoms. The van der Waals surface area contributed by atoms with E-state index in [1.54, 1.807) is 6.92 Å². The monoisotopic (exact) mass is 277 g/mol. The second kappa shape index (κ2) is 6.89. The highest BCUT2D eigenvalue weighted by atomic mass is 16.3. The zero-order chi connectivity index (χ0) is 15.3. The summed E-state index contributed by atoms with van der Waals surface area (Å²) in [5.74, 6) is 0.00220. The number of aryl methyl sites for hydroxylation is 1. The second-order valence-electron chi connectivity index (χ2n) is 6.32. The highest BCUT2D eigenvalue weighted by Gasteiger charge is 2.26. The van der Waals surface area contributed by atoms with Gasteiger partial charge in [-0.1, -0.05) is 50.6 Å². The van der Waals surface area contributed by atoms with Crippen LogP contribution in [0.25, 0.3) is 0 Å². The maximum absolute atomic E-state index is 12.1. The Balaban J connectivity index is 2.49. The molecule has 2 unspecified atom stereocenters. The van der Waals surface area contributed by atoms with Crippen molar-refractivity contribution in [3.8, 4) is 0 Å². The lowest BCUT2D eigenvalue weighted by Crippen LogP contribution is -2.45. The molecule has 1 rings (SSSR count). The van der Waals surface area contributed by atoms with Gasteiger partial charge >= 0.3 is 0 Å². The summed E-state index contributed by atoms with van der Waals surface area (Å²) in [5, 5.41) is 13.0. The summed E-state index contributed by atoms with van der Waals surface area (Å²) in [6.45, 7) is 9.90. The molecule has 0 fully saturated rings. The molecular weight excluding hydrogens is 250 g/mol. The molecule has 0 aromatic heterocycles. The summed E-state index contributed by atoms with van der Waals surface area (Å²) in [5.41, 5.74) is 1.52. The van der Waals surface area contributed by atoms with Gasteiger partial charge in [0.1, 0.15) is 0 Å². The molecular formula is C17H27NO2. The molecule has 3 nitrogen and oxygen atoms in total. The van der Waals surface area contributed by atoms with Crippen LogP contribution < -0.4 is 5.32 Å². The van der Waals surface area contributed by atoms with Gasteiger partial charge in [-0.2, -0.15) is 0 Å². The van der Waals surface area contributed by atoms with Crippen molar-refractivity contribution in [1.29, 1.82) is 0 Å². The predicted octanol–water partition coefficient (Wildman–Crippen LogP) is 2.70. The third kappa shape index (κ3) is 4.97. The van der Waals surface area contributed by atoms with Crippen LogP contribution in [0.2, 0.25) is 0 Å². The smallest absolute Gasteiger partial charge is 0.223 e. The summed E-state index contributed by atoms with van der Waals surface area (Å²) in [4.78, 5) is 12.1. The summed E-state index contributed by atoms with van der Waals surface area (Å²) in [6.07, 6.45) is 0.718. The lowest BCUT2D eigenvalue weighted by atomic mass is 9.92. The number of nitrogens with one attached hydrogen (secondary N) is 1. The van der Waals surface area contributed by atoms with E-state index in [9.17, 15) is 9.90 Å². The van der Waals surface area contributed by atoms with Gasteiger partial charge in [-0.05, 0) is 31.7 Å². The Kier molecular flexibility index (Phi) is 5.75. The minimum Gasteiger partial charge on any atom is -0.388 e. The molecule has 0 radical (unpaired) electrons. The quantitative estimate of drug-likeness (QED) is 0.840. The molecule has 2 atom stereocenters. The van der Waals surface area contributed by atoms with Crippen molar-refractivity contribution in [2.24, 2.45) is 11.8 Å². The molecule has 3 heteroatoms. The third-order valence-electron chi connectivity index (χ3n) is 3.97. The number of rotatable bonds is 6. The first kappa shape index (κ1) is 16.7. The van der Waals surface area contributed by atoms with Crippen LogP contribution in [0.5, 0.6) is 0 Å². The Morgan fingerprint density at radius 1 is 1.25 bits per heavy atom. The minimum atomic E-state index is -0.862. The Morgan fingerprint density at radius 3 is 2.30 bits per heavy atom. The van der Waals surface area contributed by atoms with E-state index in [0.29, 0.717) is 6.54 Å². The van der Waals surface area contributed by atoms with E-state index in [0.717, 1.165) is 12.0 Å². The molecule has 0 spiro atoms. The molecule has 0 aliphatic rings. The van der Waals surface area contributed by atoms with Crippen LogP contribution in [0.4, 0.5) is 0 Å². The van der Waals surface area contributed by atoms with Crippen molar-refractivity contribution in [2.75, 3.05) is 6.54 Å². The average molecular weight is 277 g/mol. The van der Waals surface area contributed by atoms with Crippen molar-refractivity contribution < 1.29 is 9.90 Å². The number of benzene rings is 1. The van der Waals surface area contributed by atoms with Gasteiger partial charge in [0.15, 0.2) is 0 Å². The molecule has 1 aromatic rings. The van der Waals surface area contributed by atoms with Gasteiger partial charge in [0, 0.05) is 12.5 Å². The zero-order valence-corrected chi connectivity index (χ0v) is 13.2. The number of carbonyl (C=O) groups excluding carboxylic acids is 1. The predicted molar refractivity (Wildman–Crippen MR) is 82.5 cm³/mol. The molecule has 0 saturated carbocycles. The molecule has 1 aromatic carbocycles. The van der Waals surface area contributed by atoms with Crippen LogP contribution in [0.15, 0.2) is 24.3 Å². The number of amides is 1. The summed E-state index contributed by atoms with van der Waals surface area (Å²) >= 11 is 0. The van der Waals surface area contributed by atoms with Gasteiger partial charge < -0.3 is 10.4 Å². The van der Waals surface area contributed by atoms with E-state index in [1.165, 1.54) is 5.56 Å². The van der Waals surface area contributed by atoms with E-state index in [4.69, 9.17) is 0 Å². The topological polar surface area (TPSA) is 49.3 Å². The maximum atomic E-state index is 12.1. The van der Waals surface area contributed by atoms with Crippen LogP contribution in [-0.2, 0) is 11.2 Å². The Bertz CT molecular complexity index is 435. The number of hydrogen-bond donors (Lipinski definition) is 2. The van der Waals surface area contributed by atoms with Gasteiger partial charge in [0.05, 0.1) is 5.60 Å². The van der Waals surface area contributed by atoms with Gasteiger partial charge in [0.25, 0.3) is 0 Å². The third-order valence-corrected chi connectivity index (χ3v) is 3.97. The maximum Gasteiger partial charge on any atom is 0.223 e. The van der Waals surface area contributed by atoms with E-state index in [1.807, 2.05) is 27.7 Å². The van der Waals surface area contributed by atoms with Gasteiger partial charge in [0.2, 0.25) is 5.91 Å². The molecule has 112 valence electrons. The van der Waals surface area contributed by atoms with E-state index in [-0.39, 0.29) is 17.7 Å². The van der Waals surface area contributed by atoms with Crippen LogP contribution in [0.3, 0.4) is 0 Å². The summed E-state index contributed by atoms with van der Waals surface area (Å²) < 4.78 is 0. The van der Waals surface area contributed by atoms with E-state index < -0.39 is 5.60 Å². The van der Waals surface area contributed by atoms with Crippen molar-refractivity contribution in [3.63, 3.8) is 0 Å². The molecule has 0 aliphatic carbocycles. The summed E-state index contributed by atoms with van der Waals surface area (Å²) in [7, 11) is 0. The highest BCUT2D eigenvalue weighted by molar-refractivity contribution is 5.78. The van der Waals surface area contributed by atoms with Crippen molar-refractivity contribution in [1.82, 2.24) is 5.32 Å². The van der Waals surface area contributed by atoms with Gasteiger partial charge in [-0.3, -0.25) is 4.79 Å². The Morgan fingerprint density at radius 2 is 1.80 bits per heavy atom. The van der Waals surface area contributed by atoms with Crippen LogP contribution >= 0.6 is 0 Å². The zero-order valence-electron chi connectivity index (χ0n) is 13.2. The van der Waals surface area contributed by atoms with Crippen LogP contribution in [0.1, 0.15) is 38.8 Å². The average Bonchev–Trinajstić information content (AvgIpc) is 2.38. The first-order chi connectivity index (χ1) is 9.22. The number of aliphatic hydroxyl groups is 1. The molecule has 2 N–H and O–H groups in total. The molecule has 0 heterocycles. The lowest BCUT2D eigenvalue weighted by molar-refractivity contribution is -0.126. The summed E-state index contributed by atoms with van der Waals surface area (Å²) in [6, 6.07) is 8.24. The van der Waals surface area contributed by atoms with Gasteiger partial charge in [-0.15, -0.1) is 0 Å². The lowest BCUT2D eigenvalue weighted by Gasteiger charge is -2.28. The van der Waals surface area contributed by atoms with Crippen LogP contribution in [0, 0.1) is 18.8 Å². The number of hydrogen-bond acceptors (Lipinski definition) is 2. The van der Waals surface area contributed by atoms with Crippen molar-refractivity contribution in [2.45, 2.75) is 46.6 Å². The molecule has 0 aliphatic heterocycles. The number of carbonyl (C=O) groups is 1. The minimum absolute atomic E-state index is 0.00787. The molecule has 0 saturated heterocycles. The van der Waals surface area contributed by atoms with Crippen molar-refractivity contribution in [3.05, 3.63) is 35.4 Å².